The van der Waals surface area contributed by atoms with Crippen LogP contribution in [-0.2, 0) is 0 Å². The van der Waals surface area contributed by atoms with Crippen molar-refractivity contribution in [2.45, 2.75) is 0 Å². The van der Waals surface area contributed by atoms with Crippen molar-refractivity contribution in [3.63, 3.8) is 0 Å². The van der Waals surface area contributed by atoms with Crippen molar-refractivity contribution in [3.8, 4) is 11.1 Å². The van der Waals surface area contributed by atoms with Crippen LogP contribution in [-0.4, -0.2) is 0 Å². The summed E-state index contributed by atoms with van der Waals surface area (Å²) in [6.07, 6.45) is 5.44. The third-order valence-corrected chi connectivity index (χ3v) is 4.26. The predicted octanol–water partition coefficient (Wildman–Crippen LogP) is 5.45. The van der Waals surface area contributed by atoms with Gasteiger partial charge in [0.2, 0.25) is 0 Å². The van der Waals surface area contributed by atoms with Gasteiger partial charge in [-0.2, -0.15) is 0 Å². The standard InChI is InChI=1S/C18H10Br/c19-17-11-13-10-9-12-5-1-2-6-14(12)18(13)16-8-4-3-7-15(16)17/h1-8,10-11H/q+1. The van der Waals surface area contributed by atoms with Gasteiger partial charge >= 0.3 is 0 Å². The number of hydrogen-bond acceptors (Lipinski definition) is 0. The smallest absolute Gasteiger partial charge is 0.0616 e. The predicted molar refractivity (Wildman–Crippen MR) is 83.9 cm³/mol. The van der Waals surface area contributed by atoms with E-state index in [2.05, 4.69) is 82.7 Å². The van der Waals surface area contributed by atoms with Crippen molar-refractivity contribution in [1.82, 2.24) is 0 Å². The van der Waals surface area contributed by atoms with Crippen LogP contribution in [0.3, 0.4) is 0 Å². The van der Waals surface area contributed by atoms with Crippen LogP contribution in [0.5, 0.6) is 0 Å². The fourth-order valence-electron chi connectivity index (χ4n) is 2.75. The lowest BCUT2D eigenvalue weighted by Crippen LogP contribution is -1.94. The van der Waals surface area contributed by atoms with Gasteiger partial charge in [-0.15, -0.1) is 0 Å². The summed E-state index contributed by atoms with van der Waals surface area (Å²) in [6.45, 7) is 0. The molecule has 0 unspecified atom stereocenters. The van der Waals surface area contributed by atoms with Gasteiger partial charge in [0, 0.05) is 28.1 Å². The van der Waals surface area contributed by atoms with Crippen molar-refractivity contribution in [2.24, 2.45) is 0 Å². The second-order valence-electron chi connectivity index (χ2n) is 4.70. The zero-order valence-electron chi connectivity index (χ0n) is 10.2. The second kappa shape index (κ2) is 4.03. The average Bonchev–Trinajstić information content (AvgIpc) is 2.47. The summed E-state index contributed by atoms with van der Waals surface area (Å²) >= 11 is 3.67. The Bertz CT molecular complexity index is 828. The molecule has 1 heteroatoms. The number of fused-ring (bicyclic) bond motifs is 5. The van der Waals surface area contributed by atoms with Crippen molar-refractivity contribution in [2.75, 3.05) is 0 Å². The molecule has 4 rings (SSSR count). The second-order valence-corrected chi connectivity index (χ2v) is 5.56. The van der Waals surface area contributed by atoms with Crippen LogP contribution in [0.25, 0.3) is 28.0 Å². The molecular formula is C18H10Br+. The first-order valence-corrected chi connectivity index (χ1v) is 7.04. The molecule has 0 heterocycles. The van der Waals surface area contributed by atoms with E-state index in [0.717, 1.165) is 4.47 Å². The monoisotopic (exact) mass is 305 g/mol. The van der Waals surface area contributed by atoms with E-state index in [1.807, 2.05) is 0 Å². The first kappa shape index (κ1) is 10.9. The highest BCUT2D eigenvalue weighted by molar-refractivity contribution is 9.10. The number of rotatable bonds is 0. The van der Waals surface area contributed by atoms with Gasteiger partial charge in [0.1, 0.15) is 0 Å². The van der Waals surface area contributed by atoms with Gasteiger partial charge < -0.3 is 0 Å². The highest BCUT2D eigenvalue weighted by Crippen LogP contribution is 2.40. The lowest BCUT2D eigenvalue weighted by atomic mass is 9.87. The summed E-state index contributed by atoms with van der Waals surface area (Å²) < 4.78 is 1.14. The summed E-state index contributed by atoms with van der Waals surface area (Å²) in [5.74, 6) is 0. The number of benzene rings is 3. The minimum atomic E-state index is 1.14. The Morgan fingerprint density at radius 1 is 0.842 bits per heavy atom. The molecule has 19 heavy (non-hydrogen) atoms. The summed E-state index contributed by atoms with van der Waals surface area (Å²) in [5.41, 5.74) is 4.98. The summed E-state index contributed by atoms with van der Waals surface area (Å²) in [7, 11) is 0. The van der Waals surface area contributed by atoms with Crippen LogP contribution in [0, 0.1) is 6.08 Å². The van der Waals surface area contributed by atoms with Gasteiger partial charge in [0.15, 0.2) is 5.56 Å². The Morgan fingerprint density at radius 2 is 1.58 bits per heavy atom. The van der Waals surface area contributed by atoms with Gasteiger partial charge in [0.05, 0.1) is 22.8 Å². The van der Waals surface area contributed by atoms with Gasteiger partial charge in [-0.25, -0.2) is 0 Å². The number of hydrogen-bond donors (Lipinski definition) is 0. The maximum Gasteiger partial charge on any atom is 0.155 e. The molecule has 3 aromatic carbocycles. The quantitative estimate of drug-likeness (QED) is 0.379. The van der Waals surface area contributed by atoms with Crippen molar-refractivity contribution in [1.29, 1.82) is 0 Å². The van der Waals surface area contributed by atoms with Crippen molar-refractivity contribution < 1.29 is 0 Å². The van der Waals surface area contributed by atoms with E-state index in [9.17, 15) is 0 Å². The van der Waals surface area contributed by atoms with E-state index in [1.54, 1.807) is 0 Å². The van der Waals surface area contributed by atoms with Gasteiger partial charge in [-0.05, 0) is 39.5 Å². The SMILES string of the molecule is Brc1cc2c(c3ccccc13)-c1ccccc1[C+]=C2. The molecule has 0 aliphatic heterocycles. The molecule has 0 nitrogen and oxygen atoms in total. The maximum atomic E-state index is 3.67. The average molecular weight is 306 g/mol. The lowest BCUT2D eigenvalue weighted by molar-refractivity contribution is 1.51. The van der Waals surface area contributed by atoms with Crippen LogP contribution in [0.2, 0.25) is 0 Å². The van der Waals surface area contributed by atoms with E-state index in [0.29, 0.717) is 0 Å². The van der Waals surface area contributed by atoms with Gasteiger partial charge in [0.25, 0.3) is 0 Å². The van der Waals surface area contributed by atoms with E-state index in [1.165, 1.54) is 33.0 Å². The summed E-state index contributed by atoms with van der Waals surface area (Å²) in [5, 5.41) is 2.54. The molecule has 0 amide bonds. The van der Waals surface area contributed by atoms with E-state index < -0.39 is 0 Å². The van der Waals surface area contributed by atoms with E-state index in [4.69, 9.17) is 0 Å². The molecular weight excluding hydrogens is 296 g/mol. The first-order chi connectivity index (χ1) is 9.34. The highest BCUT2D eigenvalue weighted by atomic mass is 79.9. The van der Waals surface area contributed by atoms with Gasteiger partial charge in [-0.3, -0.25) is 0 Å². The molecule has 0 fully saturated rings. The topological polar surface area (TPSA) is 0 Å². The summed E-state index contributed by atoms with van der Waals surface area (Å²) in [4.78, 5) is 0. The Hall–Kier alpha value is -1.95. The molecule has 0 bridgehead atoms. The van der Waals surface area contributed by atoms with Gasteiger partial charge in [-0.1, -0.05) is 24.3 Å². The largest absolute Gasteiger partial charge is 0.155 e. The van der Waals surface area contributed by atoms with E-state index in [-0.39, 0.29) is 0 Å². The normalized spacial score (nSPS) is 11.8. The van der Waals surface area contributed by atoms with E-state index >= 15 is 0 Å². The van der Waals surface area contributed by atoms with Crippen LogP contribution in [0.15, 0.2) is 59.1 Å². The maximum absolute atomic E-state index is 3.67. The molecule has 1 aliphatic carbocycles. The fraction of sp³-hybridized carbons (Fsp3) is 0. The molecule has 0 spiro atoms. The molecule has 0 radical (unpaired) electrons. The third-order valence-electron chi connectivity index (χ3n) is 3.60. The van der Waals surface area contributed by atoms with Crippen LogP contribution in [0.4, 0.5) is 0 Å². The third kappa shape index (κ3) is 1.56. The summed E-state index contributed by atoms with van der Waals surface area (Å²) in [6, 6.07) is 19.1. The van der Waals surface area contributed by atoms with Crippen molar-refractivity contribution >= 4 is 32.8 Å². The Labute approximate surface area is 120 Å². The molecule has 0 aromatic heterocycles. The first-order valence-electron chi connectivity index (χ1n) is 6.25. The minimum absolute atomic E-state index is 1.14. The van der Waals surface area contributed by atoms with Crippen LogP contribution in [0.1, 0.15) is 11.1 Å². The van der Waals surface area contributed by atoms with Crippen LogP contribution < -0.4 is 0 Å². The van der Waals surface area contributed by atoms with Crippen molar-refractivity contribution in [3.05, 3.63) is 76.3 Å². The Balaban J connectivity index is 2.21. The highest BCUT2D eigenvalue weighted by Gasteiger charge is 2.23. The molecule has 0 saturated carbocycles. The zero-order chi connectivity index (χ0) is 12.8. The molecule has 0 N–H and O–H groups in total. The fourth-order valence-corrected chi connectivity index (χ4v) is 3.34. The minimum Gasteiger partial charge on any atom is -0.0616 e. The lowest BCUT2D eigenvalue weighted by Gasteiger charge is -2.11. The molecule has 88 valence electrons. The Morgan fingerprint density at radius 3 is 2.47 bits per heavy atom. The molecule has 0 atom stereocenters. The number of halogens is 1. The van der Waals surface area contributed by atoms with Crippen LogP contribution >= 0.6 is 15.9 Å². The Kier molecular flexibility index (Phi) is 2.32. The molecule has 3 aromatic rings. The zero-order valence-corrected chi connectivity index (χ0v) is 11.7. The molecule has 0 saturated heterocycles. The molecule has 1 aliphatic rings.